The molecule has 1 heterocycles. The molecule has 0 radical (unpaired) electrons. The predicted molar refractivity (Wildman–Crippen MR) is 115 cm³/mol. The summed E-state index contributed by atoms with van der Waals surface area (Å²) < 4.78 is 0. The van der Waals surface area contributed by atoms with Gasteiger partial charge in [-0.25, -0.2) is 0 Å². The second-order valence-electron chi connectivity index (χ2n) is 9.58. The Hall–Kier alpha value is -2.16. The van der Waals surface area contributed by atoms with Crippen molar-refractivity contribution >= 4 is 24.1 Å². The maximum atomic E-state index is 13.5. The number of amides is 4. The first-order valence-corrected chi connectivity index (χ1v) is 10.6. The largest absolute Gasteiger partial charge is 0.354 e. The molecule has 0 aromatic heterocycles. The highest BCUT2D eigenvalue weighted by Crippen LogP contribution is 2.26. The van der Waals surface area contributed by atoms with Gasteiger partial charge in [0.05, 0.1) is 6.04 Å². The molecular weight excluding hydrogens is 386 g/mol. The Kier molecular flexibility index (Phi) is 9.27. The van der Waals surface area contributed by atoms with E-state index in [1.54, 1.807) is 14.0 Å². The van der Waals surface area contributed by atoms with Crippen molar-refractivity contribution < 1.29 is 19.2 Å². The minimum absolute atomic E-state index is 0.0536. The molecule has 0 unspecified atom stereocenters. The number of rotatable bonds is 9. The Morgan fingerprint density at radius 1 is 1.07 bits per heavy atom. The first-order chi connectivity index (χ1) is 13.8. The van der Waals surface area contributed by atoms with Gasteiger partial charge in [0.25, 0.3) is 0 Å². The topological polar surface area (TPSA) is 120 Å². The summed E-state index contributed by atoms with van der Waals surface area (Å²) in [6, 6.07) is -2.35. The van der Waals surface area contributed by atoms with Gasteiger partial charge in [-0.15, -0.1) is 0 Å². The molecule has 0 aromatic rings. The number of hydrogen-bond donors (Lipinski definition) is 4. The van der Waals surface area contributed by atoms with Gasteiger partial charge < -0.3 is 26.2 Å². The van der Waals surface area contributed by atoms with Crippen LogP contribution in [0.15, 0.2) is 0 Å². The van der Waals surface area contributed by atoms with Gasteiger partial charge in [0.15, 0.2) is 0 Å². The summed E-state index contributed by atoms with van der Waals surface area (Å²) >= 11 is 0. The van der Waals surface area contributed by atoms with Gasteiger partial charge in [0.1, 0.15) is 12.1 Å². The van der Waals surface area contributed by atoms with Gasteiger partial charge >= 0.3 is 0 Å². The van der Waals surface area contributed by atoms with Crippen LogP contribution in [-0.4, -0.2) is 72.8 Å². The molecule has 172 valence electrons. The lowest BCUT2D eigenvalue weighted by atomic mass is 9.85. The summed E-state index contributed by atoms with van der Waals surface area (Å²) in [6.45, 7) is 13.5. The van der Waals surface area contributed by atoms with E-state index in [0.717, 1.165) is 0 Å². The number of hydrogen-bond acceptors (Lipinski definition) is 5. The zero-order valence-corrected chi connectivity index (χ0v) is 19.5. The molecule has 4 amide bonds. The van der Waals surface area contributed by atoms with Crippen LogP contribution in [-0.2, 0) is 19.2 Å². The van der Waals surface area contributed by atoms with Crippen molar-refractivity contribution in [1.82, 2.24) is 26.2 Å². The zero-order chi connectivity index (χ0) is 23.2. The Labute approximate surface area is 180 Å². The van der Waals surface area contributed by atoms with E-state index in [0.29, 0.717) is 12.8 Å². The molecule has 1 aliphatic heterocycles. The molecule has 0 aromatic carbocycles. The third-order valence-corrected chi connectivity index (χ3v) is 5.79. The van der Waals surface area contributed by atoms with Crippen LogP contribution >= 0.6 is 0 Å². The van der Waals surface area contributed by atoms with Crippen LogP contribution in [0.3, 0.4) is 0 Å². The van der Waals surface area contributed by atoms with Crippen molar-refractivity contribution in [3.05, 3.63) is 0 Å². The van der Waals surface area contributed by atoms with Crippen LogP contribution < -0.4 is 21.3 Å². The van der Waals surface area contributed by atoms with Crippen molar-refractivity contribution in [2.24, 2.45) is 11.3 Å². The summed E-state index contributed by atoms with van der Waals surface area (Å²) in [6.07, 6.45) is 0.917. The molecule has 1 fully saturated rings. The minimum atomic E-state index is -0.811. The average Bonchev–Trinajstić information content (AvgIpc) is 3.07. The second-order valence-corrected chi connectivity index (χ2v) is 9.58. The number of nitrogens with zero attached hydrogens (tertiary/aromatic N) is 1. The fourth-order valence-corrected chi connectivity index (χ4v) is 3.25. The first kappa shape index (κ1) is 25.9. The lowest BCUT2D eigenvalue weighted by molar-refractivity contribution is -0.144. The molecule has 0 saturated carbocycles. The zero-order valence-electron chi connectivity index (χ0n) is 19.5. The van der Waals surface area contributed by atoms with E-state index in [9.17, 15) is 19.2 Å². The molecule has 1 saturated heterocycles. The van der Waals surface area contributed by atoms with E-state index in [1.807, 2.05) is 41.5 Å². The smallest absolute Gasteiger partial charge is 0.246 e. The van der Waals surface area contributed by atoms with Gasteiger partial charge in [-0.05, 0) is 38.6 Å². The van der Waals surface area contributed by atoms with E-state index < -0.39 is 23.5 Å². The third kappa shape index (κ3) is 6.68. The molecule has 4 N–H and O–H groups in total. The average molecular weight is 426 g/mol. The molecule has 9 heteroatoms. The molecule has 30 heavy (non-hydrogen) atoms. The van der Waals surface area contributed by atoms with Crippen LogP contribution in [0.1, 0.15) is 54.9 Å². The molecule has 1 rings (SSSR count). The van der Waals surface area contributed by atoms with Gasteiger partial charge in [0, 0.05) is 18.6 Å². The number of carbonyl (C=O) groups is 4. The van der Waals surface area contributed by atoms with E-state index in [2.05, 4.69) is 21.3 Å². The number of likely N-dealkylation sites (tertiary alicyclic amines) is 1. The van der Waals surface area contributed by atoms with Crippen molar-refractivity contribution in [2.45, 2.75) is 85.1 Å². The summed E-state index contributed by atoms with van der Waals surface area (Å²) in [5, 5.41) is 11.4. The molecule has 0 spiro atoms. The summed E-state index contributed by atoms with van der Waals surface area (Å²) in [5.74, 6) is -0.621. The monoisotopic (exact) mass is 425 g/mol. The van der Waals surface area contributed by atoms with Gasteiger partial charge in [0.2, 0.25) is 24.1 Å². The summed E-state index contributed by atoms with van der Waals surface area (Å²) in [4.78, 5) is 51.4. The predicted octanol–water partition coefficient (Wildman–Crippen LogP) is 0.00140. The Morgan fingerprint density at radius 2 is 1.67 bits per heavy atom. The highest BCUT2D eigenvalue weighted by atomic mass is 16.2. The van der Waals surface area contributed by atoms with E-state index >= 15 is 0 Å². The lowest BCUT2D eigenvalue weighted by Crippen LogP contribution is -2.60. The maximum Gasteiger partial charge on any atom is 0.246 e. The number of carbonyl (C=O) groups excluding carboxylic acids is 4. The van der Waals surface area contributed by atoms with E-state index in [4.69, 9.17) is 0 Å². The normalized spacial score (nSPS) is 22.2. The third-order valence-electron chi connectivity index (χ3n) is 5.79. The highest BCUT2D eigenvalue weighted by Gasteiger charge is 2.45. The Bertz CT molecular complexity index is 631. The Balaban J connectivity index is 3.14. The molecule has 1 aliphatic rings. The van der Waals surface area contributed by atoms with E-state index in [-0.39, 0.29) is 42.3 Å². The van der Waals surface area contributed by atoms with Crippen LogP contribution in [0.5, 0.6) is 0 Å². The molecule has 9 nitrogen and oxygen atoms in total. The van der Waals surface area contributed by atoms with Gasteiger partial charge in [-0.1, -0.05) is 34.6 Å². The SMILES string of the molecule is CN[C@@H](C)C(=O)N[C@H](C(=O)N1C[C@@H](NC=O)C[C@H]1C(=O)N[C@H](C)C(C)C)C(C)(C)C. The highest BCUT2D eigenvalue weighted by molar-refractivity contribution is 5.94. The van der Waals surface area contributed by atoms with Crippen molar-refractivity contribution in [3.63, 3.8) is 0 Å². The lowest BCUT2D eigenvalue weighted by Gasteiger charge is -2.36. The first-order valence-electron chi connectivity index (χ1n) is 10.6. The quantitative estimate of drug-likeness (QED) is 0.388. The van der Waals surface area contributed by atoms with Crippen LogP contribution in [0.25, 0.3) is 0 Å². The molecular formula is C21H39N5O4. The molecule has 0 bridgehead atoms. The second kappa shape index (κ2) is 10.7. The molecule has 5 atom stereocenters. The fourth-order valence-electron chi connectivity index (χ4n) is 3.25. The standard InChI is InChI=1S/C21H39N5O4/c1-12(2)13(3)24-19(29)16-9-15(23-11-27)10-26(16)20(30)17(21(5,6)7)25-18(28)14(4)22-8/h11-17,22H,9-10H2,1-8H3,(H,23,27)(H,24,29)(H,25,28)/t13-,14+,15+,16+,17-/m1/s1. The van der Waals surface area contributed by atoms with Crippen molar-refractivity contribution in [3.8, 4) is 0 Å². The number of likely N-dealkylation sites (N-methyl/N-ethyl adjacent to an activating group) is 1. The summed E-state index contributed by atoms with van der Waals surface area (Å²) in [5.41, 5.74) is -0.567. The van der Waals surface area contributed by atoms with Gasteiger partial charge in [-0.2, -0.15) is 0 Å². The van der Waals surface area contributed by atoms with Crippen molar-refractivity contribution in [2.75, 3.05) is 13.6 Å². The van der Waals surface area contributed by atoms with Crippen LogP contribution in [0.4, 0.5) is 0 Å². The fraction of sp³-hybridized carbons (Fsp3) is 0.810. The minimum Gasteiger partial charge on any atom is -0.354 e. The van der Waals surface area contributed by atoms with E-state index in [1.165, 1.54) is 4.90 Å². The number of nitrogens with one attached hydrogen (secondary N) is 4. The van der Waals surface area contributed by atoms with Crippen molar-refractivity contribution in [1.29, 1.82) is 0 Å². The van der Waals surface area contributed by atoms with Crippen LogP contribution in [0, 0.1) is 11.3 Å². The Morgan fingerprint density at radius 3 is 2.13 bits per heavy atom. The van der Waals surface area contributed by atoms with Gasteiger partial charge in [-0.3, -0.25) is 19.2 Å². The maximum absolute atomic E-state index is 13.5. The summed E-state index contributed by atoms with van der Waals surface area (Å²) in [7, 11) is 1.67. The molecule has 0 aliphatic carbocycles. The van der Waals surface area contributed by atoms with Crippen LogP contribution in [0.2, 0.25) is 0 Å².